The van der Waals surface area contributed by atoms with E-state index in [2.05, 4.69) is 0 Å². The molecule has 442 valence electrons. The third kappa shape index (κ3) is 17.0. The SMILES string of the molecule is COC(=O)[C@@H]1O[C@@H](O[C@H]2[C@H](OCc3ccccc3)[C@@H](OCc3ccccc3)[C@@H](OC)O[C@@H]2COCc2ccccc2)[C@H](OC(C)=O)[C@@H](OC)[C@@H]1O[C@H]1O[C@H](COCc2ccccc2)[C@@H](O)[C@H](OCc2ccccc2)[C@H]1OCc1ccccc1. The van der Waals surface area contributed by atoms with Gasteiger partial charge in [0, 0.05) is 21.1 Å². The molecule has 83 heavy (non-hydrogen) atoms. The summed E-state index contributed by atoms with van der Waals surface area (Å²) >= 11 is 0. The zero-order chi connectivity index (χ0) is 57.8. The number of hydrogen-bond donors (Lipinski definition) is 1. The van der Waals surface area contributed by atoms with Gasteiger partial charge in [-0.05, 0) is 33.4 Å². The van der Waals surface area contributed by atoms with E-state index in [-0.39, 0.29) is 52.9 Å². The number of esters is 2. The highest BCUT2D eigenvalue weighted by Crippen LogP contribution is 2.38. The Hall–Kier alpha value is -6.30. The summed E-state index contributed by atoms with van der Waals surface area (Å²) in [6.45, 7) is 1.84. The maximum Gasteiger partial charge on any atom is 0.337 e. The standard InChI is InChI=1S/C65H74O18/c1-43(66)78-61-55(69-2)57(82-64-59(76-39-48-31-19-9-20-32-48)54(74-37-46-27-15-7-16-28-46)52(67)50(79-64)41-72-35-44-23-11-5-12-24-44)58(62(68)70-3)83-65(61)81-53-51(42-73-36-45-25-13-6-14-26-45)80-63(71-4)60(77-40-49-33-21-10-22-34-49)56(53)75-38-47-29-17-8-18-30-47/h5-34,50-61,63-65,67H,35-42H2,1-4H3/t50-,51-,52-,53-,54+,55+,56+,57+,58-,59-,60-,61-,63+,64-,65-/m1/s1. The van der Waals surface area contributed by atoms with Crippen molar-refractivity contribution in [1.29, 1.82) is 0 Å². The summed E-state index contributed by atoms with van der Waals surface area (Å²) in [5.41, 5.74) is 5.17. The number of aliphatic hydroxyl groups is 1. The van der Waals surface area contributed by atoms with Crippen molar-refractivity contribution in [3.8, 4) is 0 Å². The van der Waals surface area contributed by atoms with Gasteiger partial charge in [-0.15, -0.1) is 0 Å². The molecule has 3 heterocycles. The number of carbonyl (C=O) groups excluding carboxylic acids is 2. The number of hydrogen-bond acceptors (Lipinski definition) is 18. The van der Waals surface area contributed by atoms with Crippen LogP contribution in [0.5, 0.6) is 0 Å². The second-order valence-electron chi connectivity index (χ2n) is 20.3. The molecule has 0 aromatic heterocycles. The minimum atomic E-state index is -1.67. The number of rotatable bonds is 28. The van der Waals surface area contributed by atoms with Crippen LogP contribution in [0.1, 0.15) is 40.3 Å². The molecule has 6 aromatic carbocycles. The van der Waals surface area contributed by atoms with Crippen LogP contribution in [0.3, 0.4) is 0 Å². The first-order chi connectivity index (χ1) is 40.7. The molecule has 3 saturated heterocycles. The predicted octanol–water partition coefficient (Wildman–Crippen LogP) is 7.83. The number of benzene rings is 6. The third-order valence-electron chi connectivity index (χ3n) is 14.5. The van der Waals surface area contributed by atoms with Crippen molar-refractivity contribution in [1.82, 2.24) is 0 Å². The molecule has 6 aromatic rings. The second kappa shape index (κ2) is 31.6. The van der Waals surface area contributed by atoms with E-state index in [0.29, 0.717) is 0 Å². The predicted molar refractivity (Wildman–Crippen MR) is 299 cm³/mol. The third-order valence-corrected chi connectivity index (χ3v) is 14.5. The zero-order valence-corrected chi connectivity index (χ0v) is 47.0. The molecule has 3 fully saturated rings. The van der Waals surface area contributed by atoms with Gasteiger partial charge in [0.25, 0.3) is 0 Å². The molecule has 0 aliphatic carbocycles. The summed E-state index contributed by atoms with van der Waals surface area (Å²) in [4.78, 5) is 27.9. The van der Waals surface area contributed by atoms with Gasteiger partial charge in [0.15, 0.2) is 31.1 Å². The molecular formula is C65H74O18. The van der Waals surface area contributed by atoms with Gasteiger partial charge < -0.3 is 76.2 Å². The summed E-state index contributed by atoms with van der Waals surface area (Å²) in [6.07, 6.45) is -18.8. The lowest BCUT2D eigenvalue weighted by Crippen LogP contribution is -2.68. The Bertz CT molecular complexity index is 2800. The smallest absolute Gasteiger partial charge is 0.337 e. The molecule has 0 saturated carbocycles. The van der Waals surface area contributed by atoms with Crippen LogP contribution in [-0.4, -0.2) is 144 Å². The number of carbonyl (C=O) groups is 2. The number of methoxy groups -OCH3 is 3. The molecule has 3 aliphatic rings. The van der Waals surface area contributed by atoms with E-state index in [9.17, 15) is 14.7 Å². The van der Waals surface area contributed by atoms with Crippen molar-refractivity contribution in [2.45, 2.75) is 139 Å². The number of aliphatic hydroxyl groups excluding tert-OH is 1. The van der Waals surface area contributed by atoms with E-state index >= 15 is 0 Å². The molecule has 9 rings (SSSR count). The molecule has 0 amide bonds. The monoisotopic (exact) mass is 1140 g/mol. The lowest BCUT2D eigenvalue weighted by Gasteiger charge is -2.50. The highest BCUT2D eigenvalue weighted by atomic mass is 16.8. The molecule has 18 heteroatoms. The average molecular weight is 1140 g/mol. The van der Waals surface area contributed by atoms with E-state index in [4.69, 9.17) is 71.1 Å². The van der Waals surface area contributed by atoms with Gasteiger partial charge in [0.05, 0.1) is 60.0 Å². The van der Waals surface area contributed by atoms with Crippen LogP contribution in [0, 0.1) is 0 Å². The maximum absolute atomic E-state index is 14.5. The Balaban J connectivity index is 1.07. The topological polar surface area (TPSA) is 193 Å². The minimum Gasteiger partial charge on any atom is -0.467 e. The van der Waals surface area contributed by atoms with E-state index in [1.807, 2.05) is 182 Å². The van der Waals surface area contributed by atoms with E-state index < -0.39 is 104 Å². The first-order valence-corrected chi connectivity index (χ1v) is 27.8. The van der Waals surface area contributed by atoms with Gasteiger partial charge in [-0.2, -0.15) is 0 Å². The lowest BCUT2D eigenvalue weighted by atomic mass is 9.95. The minimum absolute atomic E-state index is 0.0380. The van der Waals surface area contributed by atoms with Crippen LogP contribution in [0.4, 0.5) is 0 Å². The quantitative estimate of drug-likeness (QED) is 0.0467. The molecule has 18 nitrogen and oxygen atoms in total. The molecule has 1 N–H and O–H groups in total. The van der Waals surface area contributed by atoms with Crippen LogP contribution in [0.2, 0.25) is 0 Å². The van der Waals surface area contributed by atoms with Crippen LogP contribution >= 0.6 is 0 Å². The molecular weight excluding hydrogens is 1070 g/mol. The van der Waals surface area contributed by atoms with Gasteiger partial charge in [-0.1, -0.05) is 182 Å². The summed E-state index contributed by atoms with van der Waals surface area (Å²) in [5.74, 6) is -1.63. The van der Waals surface area contributed by atoms with E-state index in [1.54, 1.807) is 0 Å². The number of ether oxygens (including phenoxy) is 15. The normalized spacial score (nSPS) is 28.0. The van der Waals surface area contributed by atoms with Crippen LogP contribution < -0.4 is 0 Å². The van der Waals surface area contributed by atoms with Gasteiger partial charge in [-0.25, -0.2) is 4.79 Å². The second-order valence-corrected chi connectivity index (χ2v) is 20.3. The fourth-order valence-electron chi connectivity index (χ4n) is 10.3. The largest absolute Gasteiger partial charge is 0.467 e. The van der Waals surface area contributed by atoms with Crippen LogP contribution in [0.25, 0.3) is 0 Å². The molecule has 0 unspecified atom stereocenters. The van der Waals surface area contributed by atoms with E-state index in [0.717, 1.165) is 33.4 Å². The lowest BCUT2D eigenvalue weighted by molar-refractivity contribution is -0.383. The van der Waals surface area contributed by atoms with E-state index in [1.165, 1.54) is 28.3 Å². The van der Waals surface area contributed by atoms with Crippen molar-refractivity contribution in [3.63, 3.8) is 0 Å². The summed E-state index contributed by atoms with van der Waals surface area (Å²) in [6, 6.07) is 57.3. The fourth-order valence-corrected chi connectivity index (χ4v) is 10.3. The maximum atomic E-state index is 14.5. The Kier molecular flexibility index (Phi) is 23.3. The van der Waals surface area contributed by atoms with Crippen molar-refractivity contribution in [3.05, 3.63) is 215 Å². The highest BCUT2D eigenvalue weighted by molar-refractivity contribution is 5.75. The van der Waals surface area contributed by atoms with Crippen LogP contribution in [0.15, 0.2) is 182 Å². The van der Waals surface area contributed by atoms with Gasteiger partial charge >= 0.3 is 11.9 Å². The molecule has 15 atom stereocenters. The average Bonchev–Trinajstić information content (AvgIpc) is 3.71. The Morgan fingerprint density at radius 1 is 0.398 bits per heavy atom. The Labute approximate surface area is 484 Å². The van der Waals surface area contributed by atoms with Crippen molar-refractivity contribution < 1.29 is 85.7 Å². The van der Waals surface area contributed by atoms with Gasteiger partial charge in [0.2, 0.25) is 0 Å². The molecule has 0 spiro atoms. The molecule has 3 aliphatic heterocycles. The summed E-state index contributed by atoms with van der Waals surface area (Å²) in [7, 11) is 4.09. The first-order valence-electron chi connectivity index (χ1n) is 27.8. The molecule has 0 bridgehead atoms. The fraction of sp³-hybridized carbons (Fsp3) is 0.415. The van der Waals surface area contributed by atoms with Crippen molar-refractivity contribution >= 4 is 11.9 Å². The Morgan fingerprint density at radius 2 is 0.771 bits per heavy atom. The van der Waals surface area contributed by atoms with Gasteiger partial charge in [-0.3, -0.25) is 4.79 Å². The molecule has 0 radical (unpaired) electrons. The van der Waals surface area contributed by atoms with Gasteiger partial charge in [0.1, 0.15) is 61.0 Å². The van der Waals surface area contributed by atoms with Crippen molar-refractivity contribution in [2.24, 2.45) is 0 Å². The highest BCUT2D eigenvalue weighted by Gasteiger charge is 2.59. The van der Waals surface area contributed by atoms with Crippen LogP contribution in [-0.2, 0) is 120 Å². The van der Waals surface area contributed by atoms with Crippen molar-refractivity contribution in [2.75, 3.05) is 34.5 Å². The summed E-state index contributed by atoms with van der Waals surface area (Å²) in [5, 5.41) is 12.3. The Morgan fingerprint density at radius 3 is 1.19 bits per heavy atom. The zero-order valence-electron chi connectivity index (χ0n) is 47.0. The first kappa shape index (κ1) is 61.3. The summed E-state index contributed by atoms with van der Waals surface area (Å²) < 4.78 is 97.6.